The van der Waals surface area contributed by atoms with Crippen molar-refractivity contribution < 1.29 is 47.2 Å². The Morgan fingerprint density at radius 3 is 1.85 bits per heavy atom. The predicted molar refractivity (Wildman–Crippen MR) is 241 cm³/mol. The van der Waals surface area contributed by atoms with E-state index in [2.05, 4.69) is 62.5 Å². The number of aliphatic hydroxyl groups excluding tert-OH is 1. The van der Waals surface area contributed by atoms with Crippen LogP contribution in [0.3, 0.4) is 0 Å². The number of phosphoric ester groups is 1. The van der Waals surface area contributed by atoms with Gasteiger partial charge in [0.1, 0.15) is 19.8 Å². The molecule has 1 N–H and O–H groups in total. The molecule has 0 aliphatic carbocycles. The smallest absolute Gasteiger partial charge is 0.306 e. The first-order valence-electron chi connectivity index (χ1n) is 22.1. The topological polar surface area (TPSA) is 131 Å². The molecule has 0 radical (unpaired) electrons. The van der Waals surface area contributed by atoms with Gasteiger partial charge in [-0.25, -0.2) is 0 Å². The van der Waals surface area contributed by atoms with Crippen molar-refractivity contribution >= 4 is 19.8 Å². The number of quaternary nitrogens is 1. The van der Waals surface area contributed by atoms with Gasteiger partial charge in [-0.3, -0.25) is 14.2 Å². The zero-order valence-electron chi connectivity index (χ0n) is 37.3. The molecule has 11 heteroatoms. The number of allylic oxidation sites excluding steroid dienone is 14. The first-order chi connectivity index (χ1) is 28.4. The number of nitrogens with zero attached hydrogens (tertiary/aromatic N) is 1. The Morgan fingerprint density at radius 2 is 1.20 bits per heavy atom. The molecule has 2 unspecified atom stereocenters. The highest BCUT2D eigenvalue weighted by molar-refractivity contribution is 7.45. The van der Waals surface area contributed by atoms with Crippen molar-refractivity contribution in [2.45, 2.75) is 148 Å². The normalized spacial score (nSPS) is 15.0. The Bertz CT molecular complexity index is 1340. The molecule has 0 aliphatic heterocycles. The monoisotopic (exact) mass is 846 g/mol. The van der Waals surface area contributed by atoms with Crippen LogP contribution in [0.5, 0.6) is 0 Å². The molecule has 0 heterocycles. The molecule has 10 nitrogen and oxygen atoms in total. The average Bonchev–Trinajstić information content (AvgIpc) is 3.18. The Hall–Kier alpha value is -3.11. The second kappa shape index (κ2) is 39.1. The first-order valence-corrected chi connectivity index (χ1v) is 23.5. The quantitative estimate of drug-likeness (QED) is 0.0161. The SMILES string of the molecule is CC/C=C\C/C=C\CC(O)/C=C/C=C\C/C=C\CCCC(=O)OC[C@H](COP(=O)([O-])OCC[N+](C)(C)C)OC(=O)CCCCCC/C=C\C/C=C\C/C=C\CCCCC. The number of phosphoric acid groups is 1. The molecule has 0 aliphatic rings. The molecule has 0 spiro atoms. The summed E-state index contributed by atoms with van der Waals surface area (Å²) in [4.78, 5) is 37.5. The fraction of sp³-hybridized carbons (Fsp3) is 0.625. The van der Waals surface area contributed by atoms with Gasteiger partial charge in [0.2, 0.25) is 0 Å². The number of esters is 2. The first kappa shape index (κ1) is 55.9. The van der Waals surface area contributed by atoms with E-state index in [1.54, 1.807) is 6.08 Å². The summed E-state index contributed by atoms with van der Waals surface area (Å²) in [6.07, 6.45) is 47.5. The lowest BCUT2D eigenvalue weighted by atomic mass is 10.1. The van der Waals surface area contributed by atoms with Crippen molar-refractivity contribution in [2.75, 3.05) is 47.5 Å². The molecule has 0 aromatic heterocycles. The van der Waals surface area contributed by atoms with E-state index in [0.717, 1.165) is 57.8 Å². The van der Waals surface area contributed by atoms with Crippen molar-refractivity contribution in [1.29, 1.82) is 0 Å². The van der Waals surface area contributed by atoms with E-state index in [9.17, 15) is 24.2 Å². The highest BCUT2D eigenvalue weighted by atomic mass is 31.2. The summed E-state index contributed by atoms with van der Waals surface area (Å²) in [5.74, 6) is -0.979. The van der Waals surface area contributed by atoms with Crippen molar-refractivity contribution in [1.82, 2.24) is 0 Å². The molecule has 0 amide bonds. The van der Waals surface area contributed by atoms with Gasteiger partial charge in [-0.05, 0) is 83.5 Å². The van der Waals surface area contributed by atoms with Crippen molar-refractivity contribution in [3.8, 4) is 0 Å². The number of hydrogen-bond acceptors (Lipinski definition) is 9. The minimum absolute atomic E-state index is 0.0601. The van der Waals surface area contributed by atoms with E-state index < -0.39 is 38.6 Å². The van der Waals surface area contributed by atoms with Gasteiger partial charge in [-0.1, -0.05) is 137 Å². The number of likely N-dealkylation sites (N-methyl/N-ethyl adjacent to an activating group) is 1. The molecule has 0 rings (SSSR count). The van der Waals surface area contributed by atoms with Crippen LogP contribution in [0.2, 0.25) is 0 Å². The molecular weight excluding hydrogens is 765 g/mol. The Balaban J connectivity index is 4.58. The molecule has 0 fully saturated rings. The molecule has 0 bridgehead atoms. The number of carbonyl (C=O) groups excluding carboxylic acids is 2. The molecule has 336 valence electrons. The van der Waals surface area contributed by atoms with Gasteiger partial charge in [0, 0.05) is 12.8 Å². The van der Waals surface area contributed by atoms with Gasteiger partial charge in [0.05, 0.1) is 33.9 Å². The van der Waals surface area contributed by atoms with Crippen LogP contribution >= 0.6 is 7.82 Å². The van der Waals surface area contributed by atoms with Crippen molar-refractivity contribution in [3.05, 3.63) is 97.2 Å². The highest BCUT2D eigenvalue weighted by Gasteiger charge is 2.21. The molecule has 0 saturated heterocycles. The summed E-state index contributed by atoms with van der Waals surface area (Å²) in [6, 6.07) is 0. The fourth-order valence-electron chi connectivity index (χ4n) is 5.19. The number of unbranched alkanes of at least 4 members (excludes halogenated alkanes) is 8. The van der Waals surface area contributed by atoms with Crippen molar-refractivity contribution in [3.63, 3.8) is 0 Å². The summed E-state index contributed by atoms with van der Waals surface area (Å²) in [6.45, 7) is 3.87. The zero-order valence-corrected chi connectivity index (χ0v) is 38.2. The summed E-state index contributed by atoms with van der Waals surface area (Å²) < 4.78 is 33.8. The predicted octanol–water partition coefficient (Wildman–Crippen LogP) is 10.9. The lowest BCUT2D eigenvalue weighted by molar-refractivity contribution is -0.870. The van der Waals surface area contributed by atoms with Gasteiger partial charge < -0.3 is 33.0 Å². The molecule has 0 aromatic carbocycles. The Kier molecular flexibility index (Phi) is 37.0. The van der Waals surface area contributed by atoms with E-state index in [0.29, 0.717) is 36.7 Å². The van der Waals surface area contributed by atoms with E-state index in [4.69, 9.17) is 18.5 Å². The third-order valence-electron chi connectivity index (χ3n) is 8.67. The maximum atomic E-state index is 12.7. The lowest BCUT2D eigenvalue weighted by Gasteiger charge is -2.28. The number of rotatable bonds is 38. The number of ether oxygens (including phenoxy) is 2. The zero-order chi connectivity index (χ0) is 43.7. The lowest BCUT2D eigenvalue weighted by Crippen LogP contribution is -2.37. The summed E-state index contributed by atoms with van der Waals surface area (Å²) in [7, 11) is 1.07. The summed E-state index contributed by atoms with van der Waals surface area (Å²) in [5.41, 5.74) is 0. The molecule has 0 saturated carbocycles. The standard InChI is InChI=1S/C48H80NO9P/c1-6-8-10-12-14-15-16-17-18-19-20-21-22-23-28-32-36-40-48(52)58-46(44-57-59(53,54)56-42-41-49(3,4)5)43-55-47(51)39-35-31-27-25-24-26-30-34-38-45(50)37-33-29-13-11-9-7-2/h9,11,14-15,17-18,20-21,25-27,29-30,33-34,38,45-46,50H,6-8,10,12-13,16,19,22-24,28,31-32,35-37,39-44H2,1-5H3/b11-9-,15-14-,18-17-,21-20-,27-25-,30-26-,33-29-,38-34+/t45?,46-/m1/s1. The fourth-order valence-corrected chi connectivity index (χ4v) is 5.92. The second-order valence-corrected chi connectivity index (χ2v) is 16.9. The molecule has 59 heavy (non-hydrogen) atoms. The van der Waals surface area contributed by atoms with Crippen LogP contribution < -0.4 is 4.89 Å². The summed E-state index contributed by atoms with van der Waals surface area (Å²) in [5, 5.41) is 10.0. The average molecular weight is 846 g/mol. The van der Waals surface area contributed by atoms with Crippen LogP contribution in [-0.2, 0) is 32.7 Å². The second-order valence-electron chi connectivity index (χ2n) is 15.5. The van der Waals surface area contributed by atoms with Gasteiger partial charge >= 0.3 is 11.9 Å². The minimum Gasteiger partial charge on any atom is -0.756 e. The third kappa shape index (κ3) is 42.8. The highest BCUT2D eigenvalue weighted by Crippen LogP contribution is 2.38. The van der Waals surface area contributed by atoms with E-state index in [1.165, 1.54) is 25.7 Å². The largest absolute Gasteiger partial charge is 0.756 e. The van der Waals surface area contributed by atoms with Crippen LogP contribution in [0.4, 0.5) is 0 Å². The maximum absolute atomic E-state index is 12.7. The van der Waals surface area contributed by atoms with E-state index in [1.807, 2.05) is 63.7 Å². The van der Waals surface area contributed by atoms with Gasteiger partial charge in [-0.2, -0.15) is 0 Å². The van der Waals surface area contributed by atoms with E-state index in [-0.39, 0.29) is 26.1 Å². The molecule has 3 atom stereocenters. The number of hydrogen-bond donors (Lipinski definition) is 1. The van der Waals surface area contributed by atoms with Crippen LogP contribution in [0.15, 0.2) is 97.2 Å². The number of carbonyl (C=O) groups is 2. The minimum atomic E-state index is -4.67. The molecule has 0 aromatic rings. The van der Waals surface area contributed by atoms with Crippen LogP contribution in [-0.4, -0.2) is 81.2 Å². The van der Waals surface area contributed by atoms with Crippen LogP contribution in [0.25, 0.3) is 0 Å². The van der Waals surface area contributed by atoms with Crippen LogP contribution in [0.1, 0.15) is 136 Å². The van der Waals surface area contributed by atoms with Crippen molar-refractivity contribution in [2.24, 2.45) is 0 Å². The van der Waals surface area contributed by atoms with Gasteiger partial charge in [-0.15, -0.1) is 0 Å². The van der Waals surface area contributed by atoms with Gasteiger partial charge in [0.25, 0.3) is 7.82 Å². The third-order valence-corrected chi connectivity index (χ3v) is 9.63. The van der Waals surface area contributed by atoms with Crippen LogP contribution in [0, 0.1) is 0 Å². The molecular formula is C48H80NO9P. The maximum Gasteiger partial charge on any atom is 0.306 e. The Morgan fingerprint density at radius 1 is 0.644 bits per heavy atom. The summed E-state index contributed by atoms with van der Waals surface area (Å²) >= 11 is 0. The number of aliphatic hydroxyl groups is 1. The Labute approximate surface area is 358 Å². The van der Waals surface area contributed by atoms with E-state index >= 15 is 0 Å². The van der Waals surface area contributed by atoms with Gasteiger partial charge in [0.15, 0.2) is 6.10 Å².